The Morgan fingerprint density at radius 2 is 1.73 bits per heavy atom. The van der Waals surface area contributed by atoms with E-state index in [0.29, 0.717) is 0 Å². The number of alkyl halides is 2. The van der Waals surface area contributed by atoms with Gasteiger partial charge in [0.1, 0.15) is 30.7 Å². The number of nitrogens with zero attached hydrogens (tertiary/aromatic N) is 8. The van der Waals surface area contributed by atoms with Crippen LogP contribution in [0, 0.1) is 0 Å². The standard InChI is InChI=1S/C19H21F2N11O10P2S/c20-7-5-1-38-44(36,45)42-11-6(40-17(8(11)21)32-14-9(29-30-32)13(22)24-3-25-14)2-37-43(34,35)41-12(7)18(39-5)31-4-26-10-15(31)27-19(23)28-16(10)33/h3-8,11-12,17-18H,1-2H2,(H,34,35)(H,36,45)(H2,22,24,25)(H3,23,27,28,33)/t5-,6-,7+,8+,11-,12-,17-,18-,44?/m1/s1. The second-order valence-electron chi connectivity index (χ2n) is 9.93. The Kier molecular flexibility index (Phi) is 7.44. The lowest BCUT2D eigenvalue weighted by Crippen LogP contribution is -2.34. The Morgan fingerprint density at radius 1 is 0.978 bits per heavy atom. The third-order valence-corrected chi connectivity index (χ3v) is 9.64. The molecule has 21 nitrogen and oxygen atoms in total. The largest absolute Gasteiger partial charge is 0.472 e. The van der Waals surface area contributed by atoms with E-state index in [-0.39, 0.29) is 34.1 Å². The minimum absolute atomic E-state index is 0.0141. The molecule has 7 N–H and O–H groups in total. The van der Waals surface area contributed by atoms with Crippen LogP contribution in [0.5, 0.6) is 0 Å². The van der Waals surface area contributed by atoms with Crippen molar-refractivity contribution in [3.63, 3.8) is 0 Å². The molecule has 242 valence electrons. The maximum atomic E-state index is 15.9. The number of hydrogen-bond donors (Lipinski definition) is 5. The van der Waals surface area contributed by atoms with Gasteiger partial charge in [-0.15, -0.1) is 5.10 Å². The number of H-pyrrole nitrogens is 1. The minimum Gasteiger partial charge on any atom is -0.382 e. The molecule has 0 saturated carbocycles. The van der Waals surface area contributed by atoms with Crippen LogP contribution in [0.1, 0.15) is 12.5 Å². The Hall–Kier alpha value is -3.15. The van der Waals surface area contributed by atoms with Crippen LogP contribution < -0.4 is 17.0 Å². The van der Waals surface area contributed by atoms with Gasteiger partial charge in [0.2, 0.25) is 5.95 Å². The highest BCUT2D eigenvalue weighted by molar-refractivity contribution is 8.07. The van der Waals surface area contributed by atoms with E-state index >= 15 is 8.78 Å². The van der Waals surface area contributed by atoms with E-state index in [2.05, 4.69) is 35.2 Å². The third kappa shape index (κ3) is 5.40. The zero-order valence-electron chi connectivity index (χ0n) is 22.1. The number of aromatic amines is 1. The van der Waals surface area contributed by atoms with Crippen LogP contribution in [0.3, 0.4) is 0 Å². The van der Waals surface area contributed by atoms with Gasteiger partial charge in [0.15, 0.2) is 52.9 Å². The van der Waals surface area contributed by atoms with Gasteiger partial charge in [-0.3, -0.25) is 27.9 Å². The van der Waals surface area contributed by atoms with E-state index in [1.807, 2.05) is 0 Å². The molecule has 0 radical (unpaired) electrons. The quantitative estimate of drug-likeness (QED) is 0.159. The molecular weight excluding hydrogens is 674 g/mol. The van der Waals surface area contributed by atoms with Crippen molar-refractivity contribution in [2.45, 2.75) is 49.2 Å². The Morgan fingerprint density at radius 3 is 2.53 bits per heavy atom. The molecular formula is C19H21F2N11O10P2S. The van der Waals surface area contributed by atoms with Crippen LogP contribution in [0.15, 0.2) is 17.4 Å². The second-order valence-corrected chi connectivity index (χ2v) is 14.1. The van der Waals surface area contributed by atoms with Gasteiger partial charge in [-0.2, -0.15) is 9.67 Å². The summed E-state index contributed by atoms with van der Waals surface area (Å²) >= 11 is 5.06. The molecule has 4 aromatic heterocycles. The van der Waals surface area contributed by atoms with Crippen LogP contribution in [0.25, 0.3) is 22.3 Å². The van der Waals surface area contributed by atoms with Gasteiger partial charge >= 0.3 is 14.5 Å². The van der Waals surface area contributed by atoms with Crippen molar-refractivity contribution in [1.82, 2.24) is 44.5 Å². The summed E-state index contributed by atoms with van der Waals surface area (Å²) < 4.78 is 79.2. The van der Waals surface area contributed by atoms with E-state index < -0.39 is 82.5 Å². The first kappa shape index (κ1) is 30.5. The minimum atomic E-state index is -5.20. The summed E-state index contributed by atoms with van der Waals surface area (Å²) in [6, 6.07) is 0. The predicted octanol–water partition coefficient (Wildman–Crippen LogP) is -0.876. The van der Waals surface area contributed by atoms with E-state index in [4.69, 9.17) is 50.8 Å². The number of nitrogens with two attached hydrogens (primary N) is 2. The summed E-state index contributed by atoms with van der Waals surface area (Å²) in [6.07, 6.45) is -12.2. The van der Waals surface area contributed by atoms with Gasteiger partial charge in [0.25, 0.3) is 5.56 Å². The van der Waals surface area contributed by atoms with Crippen molar-refractivity contribution in [3.8, 4) is 0 Å². The monoisotopic (exact) mass is 695 g/mol. The number of halogens is 2. The van der Waals surface area contributed by atoms with Gasteiger partial charge in [0, 0.05) is 0 Å². The van der Waals surface area contributed by atoms with Crippen molar-refractivity contribution in [2.24, 2.45) is 0 Å². The molecule has 3 fully saturated rings. The Bertz CT molecular complexity index is 1950. The highest BCUT2D eigenvalue weighted by Gasteiger charge is 2.54. The van der Waals surface area contributed by atoms with Crippen LogP contribution in [-0.4, -0.2) is 104 Å². The maximum Gasteiger partial charge on any atom is 0.472 e. The molecule has 7 rings (SSSR count). The Balaban J connectivity index is 1.21. The molecule has 3 aliphatic heterocycles. The first-order valence-corrected chi connectivity index (χ1v) is 16.8. The molecule has 2 unspecified atom stereocenters. The molecule has 0 aliphatic carbocycles. The molecule has 45 heavy (non-hydrogen) atoms. The van der Waals surface area contributed by atoms with Crippen molar-refractivity contribution >= 4 is 60.4 Å². The summed E-state index contributed by atoms with van der Waals surface area (Å²) in [5.41, 5.74) is 10.4. The fourth-order valence-corrected chi connectivity index (χ4v) is 7.46. The van der Waals surface area contributed by atoms with Gasteiger partial charge in [-0.05, 0) is 11.8 Å². The molecule has 26 heteroatoms. The van der Waals surface area contributed by atoms with Gasteiger partial charge in [-0.1, -0.05) is 5.21 Å². The number of nitrogen functional groups attached to an aromatic ring is 2. The predicted molar refractivity (Wildman–Crippen MR) is 146 cm³/mol. The average Bonchev–Trinajstić information content (AvgIpc) is 3.72. The lowest BCUT2D eigenvalue weighted by Gasteiger charge is -2.26. The fourth-order valence-electron chi connectivity index (χ4n) is 5.10. The number of nitrogens with one attached hydrogen (secondary N) is 1. The lowest BCUT2D eigenvalue weighted by molar-refractivity contribution is -0.0659. The first-order valence-electron chi connectivity index (χ1n) is 12.8. The fraction of sp³-hybridized carbons (Fsp3) is 0.526. The molecule has 0 amide bonds. The topological polar surface area (TPSA) is 285 Å². The number of ether oxygens (including phenoxy) is 2. The maximum absolute atomic E-state index is 15.9. The number of phosphoric ester groups is 1. The highest BCUT2D eigenvalue weighted by Crippen LogP contribution is 2.54. The molecule has 4 aromatic rings. The van der Waals surface area contributed by atoms with E-state index in [1.165, 1.54) is 0 Å². The molecule has 2 bridgehead atoms. The highest BCUT2D eigenvalue weighted by atomic mass is 32.5. The van der Waals surface area contributed by atoms with E-state index in [0.717, 1.165) is 21.9 Å². The lowest BCUT2D eigenvalue weighted by atomic mass is 10.1. The smallest absolute Gasteiger partial charge is 0.382 e. The molecule has 0 spiro atoms. The van der Waals surface area contributed by atoms with Crippen LogP contribution in [-0.2, 0) is 43.9 Å². The number of aromatic nitrogens is 9. The molecule has 10 atom stereocenters. The number of phosphoric acid groups is 1. The first-order chi connectivity index (χ1) is 21.3. The number of anilines is 2. The summed E-state index contributed by atoms with van der Waals surface area (Å²) in [6.45, 7) is -6.07. The SMILES string of the molecule is Nc1nc2c(ncn2[C@@H]2O[C@@H]3COP(O)(=S)O[C@H]4[C@H](F)[C@H](n5nnc6c(N)ncnc65)O[C@@H]4COP(=O)(O)O[C@@H]2[C@H]3F)c(=O)[nH]1. The summed E-state index contributed by atoms with van der Waals surface area (Å²) in [7, 11) is -5.20. The zero-order valence-corrected chi connectivity index (χ0v) is 24.7. The number of fused-ring (bicyclic) bond motifs is 5. The normalized spacial score (nSPS) is 37.7. The van der Waals surface area contributed by atoms with Crippen LogP contribution in [0.2, 0.25) is 0 Å². The van der Waals surface area contributed by atoms with Crippen LogP contribution >= 0.6 is 14.5 Å². The van der Waals surface area contributed by atoms with Crippen molar-refractivity contribution in [3.05, 3.63) is 23.0 Å². The molecule has 0 aromatic carbocycles. The Labute approximate surface area is 252 Å². The second kappa shape index (κ2) is 11.0. The van der Waals surface area contributed by atoms with Crippen molar-refractivity contribution in [1.29, 1.82) is 0 Å². The van der Waals surface area contributed by atoms with Gasteiger partial charge < -0.3 is 35.3 Å². The van der Waals surface area contributed by atoms with E-state index in [9.17, 15) is 19.1 Å². The number of hydrogen-bond acceptors (Lipinski definition) is 17. The zero-order chi connectivity index (χ0) is 31.8. The average molecular weight is 695 g/mol. The van der Waals surface area contributed by atoms with Crippen molar-refractivity contribution in [2.75, 3.05) is 24.7 Å². The number of rotatable bonds is 2. The summed E-state index contributed by atoms with van der Waals surface area (Å²) in [4.78, 5) is 51.7. The van der Waals surface area contributed by atoms with Gasteiger partial charge in [-0.25, -0.2) is 28.3 Å². The van der Waals surface area contributed by atoms with Crippen molar-refractivity contribution < 1.29 is 50.7 Å². The van der Waals surface area contributed by atoms with Gasteiger partial charge in [0.05, 0.1) is 19.5 Å². The summed E-state index contributed by atoms with van der Waals surface area (Å²) in [5, 5.41) is 7.64. The molecule has 7 heterocycles. The molecule has 3 aliphatic rings. The van der Waals surface area contributed by atoms with E-state index in [1.54, 1.807) is 0 Å². The molecule has 3 saturated heterocycles. The van der Waals surface area contributed by atoms with Crippen LogP contribution in [0.4, 0.5) is 20.5 Å². The number of imidazole rings is 1. The summed E-state index contributed by atoms with van der Waals surface area (Å²) in [5.74, 6) is -0.348. The third-order valence-electron chi connectivity index (χ3n) is 7.10.